The van der Waals surface area contributed by atoms with Crippen molar-refractivity contribution in [1.82, 2.24) is 4.98 Å². The summed E-state index contributed by atoms with van der Waals surface area (Å²) in [7, 11) is 0. The summed E-state index contributed by atoms with van der Waals surface area (Å²) in [6.07, 6.45) is 0. The van der Waals surface area contributed by atoms with Crippen LogP contribution in [0.4, 0.5) is 0 Å². The monoisotopic (exact) mass is 311 g/mol. The van der Waals surface area contributed by atoms with Crippen molar-refractivity contribution < 1.29 is 9.47 Å². The SMILES string of the molecule is CCOc1nc2c(c3c(Cl)cccc13)-c1ccccc1CO2. The predicted octanol–water partition coefficient (Wildman–Crippen LogP) is 4.85. The second-order valence-corrected chi connectivity index (χ2v) is 5.55. The van der Waals surface area contributed by atoms with Crippen molar-refractivity contribution in [1.29, 1.82) is 0 Å². The molecular formula is C18H14ClNO2. The van der Waals surface area contributed by atoms with Gasteiger partial charge in [-0.05, 0) is 30.2 Å². The zero-order valence-electron chi connectivity index (χ0n) is 12.1. The Bertz CT molecular complexity index is 876. The van der Waals surface area contributed by atoms with Gasteiger partial charge >= 0.3 is 0 Å². The number of hydrogen-bond donors (Lipinski definition) is 0. The smallest absolute Gasteiger partial charge is 0.225 e. The van der Waals surface area contributed by atoms with Crippen molar-refractivity contribution in [3.05, 3.63) is 53.1 Å². The van der Waals surface area contributed by atoms with Gasteiger partial charge < -0.3 is 9.47 Å². The highest BCUT2D eigenvalue weighted by Gasteiger charge is 2.24. The van der Waals surface area contributed by atoms with Crippen molar-refractivity contribution in [2.75, 3.05) is 6.61 Å². The quantitative estimate of drug-likeness (QED) is 0.678. The van der Waals surface area contributed by atoms with Gasteiger partial charge in [-0.2, -0.15) is 4.98 Å². The maximum atomic E-state index is 6.49. The van der Waals surface area contributed by atoms with Crippen LogP contribution in [0.5, 0.6) is 11.8 Å². The van der Waals surface area contributed by atoms with E-state index >= 15 is 0 Å². The molecule has 0 unspecified atom stereocenters. The molecule has 0 saturated heterocycles. The molecule has 1 aliphatic rings. The fourth-order valence-corrected chi connectivity index (χ4v) is 3.18. The molecule has 0 amide bonds. The number of halogens is 1. The third kappa shape index (κ3) is 1.93. The first-order valence-electron chi connectivity index (χ1n) is 7.25. The molecule has 3 aromatic rings. The summed E-state index contributed by atoms with van der Waals surface area (Å²) >= 11 is 6.49. The van der Waals surface area contributed by atoms with E-state index in [-0.39, 0.29) is 0 Å². The molecule has 4 rings (SSSR count). The number of aromatic nitrogens is 1. The minimum absolute atomic E-state index is 0.512. The van der Waals surface area contributed by atoms with Crippen LogP contribution in [0, 0.1) is 0 Å². The molecule has 1 aromatic heterocycles. The standard InChI is InChI=1S/C18H14ClNO2/c1-2-21-17-13-8-5-9-14(19)15(13)16-12-7-4-3-6-11(12)10-22-18(16)20-17/h3-9H,2,10H2,1H3. The molecule has 4 heteroatoms. The summed E-state index contributed by atoms with van der Waals surface area (Å²) in [5, 5.41) is 2.52. The van der Waals surface area contributed by atoms with Crippen molar-refractivity contribution in [3.8, 4) is 22.9 Å². The molecule has 0 radical (unpaired) electrons. The van der Waals surface area contributed by atoms with Crippen LogP contribution in [0.25, 0.3) is 21.9 Å². The Hall–Kier alpha value is -2.26. The summed E-state index contributed by atoms with van der Waals surface area (Å²) in [4.78, 5) is 4.57. The third-order valence-corrected chi connectivity index (χ3v) is 4.16. The number of fused-ring (bicyclic) bond motifs is 5. The molecule has 0 saturated carbocycles. The van der Waals surface area contributed by atoms with Gasteiger partial charge in [-0.25, -0.2) is 0 Å². The number of hydrogen-bond acceptors (Lipinski definition) is 3. The largest absolute Gasteiger partial charge is 0.477 e. The molecule has 0 fully saturated rings. The summed E-state index contributed by atoms with van der Waals surface area (Å²) in [5.41, 5.74) is 3.21. The van der Waals surface area contributed by atoms with Gasteiger partial charge in [-0.15, -0.1) is 0 Å². The molecule has 22 heavy (non-hydrogen) atoms. The van der Waals surface area contributed by atoms with E-state index in [1.54, 1.807) is 0 Å². The Morgan fingerprint density at radius 3 is 2.91 bits per heavy atom. The van der Waals surface area contributed by atoms with E-state index in [4.69, 9.17) is 21.1 Å². The van der Waals surface area contributed by atoms with Crippen LogP contribution in [-0.4, -0.2) is 11.6 Å². The molecular weight excluding hydrogens is 298 g/mol. The lowest BCUT2D eigenvalue weighted by Gasteiger charge is -2.23. The summed E-state index contributed by atoms with van der Waals surface area (Å²) < 4.78 is 11.5. The predicted molar refractivity (Wildman–Crippen MR) is 87.7 cm³/mol. The Kier molecular flexibility index (Phi) is 3.16. The number of ether oxygens (including phenoxy) is 2. The molecule has 0 N–H and O–H groups in total. The van der Waals surface area contributed by atoms with Crippen LogP contribution in [-0.2, 0) is 6.61 Å². The first kappa shape index (κ1) is 13.4. The van der Waals surface area contributed by atoms with Crippen LogP contribution in [0.15, 0.2) is 42.5 Å². The molecule has 2 aromatic carbocycles. The Morgan fingerprint density at radius 1 is 1.18 bits per heavy atom. The van der Waals surface area contributed by atoms with Gasteiger partial charge in [0.15, 0.2) is 0 Å². The van der Waals surface area contributed by atoms with E-state index in [1.165, 1.54) is 0 Å². The van der Waals surface area contributed by atoms with Crippen LogP contribution in [0.3, 0.4) is 0 Å². The normalized spacial score (nSPS) is 12.5. The van der Waals surface area contributed by atoms with E-state index in [2.05, 4.69) is 17.1 Å². The Labute approximate surface area is 133 Å². The first-order chi connectivity index (χ1) is 10.8. The van der Waals surface area contributed by atoms with E-state index in [0.29, 0.717) is 30.0 Å². The summed E-state index contributed by atoms with van der Waals surface area (Å²) in [6, 6.07) is 14.0. The number of benzene rings is 2. The summed E-state index contributed by atoms with van der Waals surface area (Å²) in [6.45, 7) is 3.00. The molecule has 0 spiro atoms. The maximum Gasteiger partial charge on any atom is 0.225 e. The molecule has 1 aliphatic heterocycles. The highest BCUT2D eigenvalue weighted by atomic mass is 35.5. The van der Waals surface area contributed by atoms with Crippen molar-refractivity contribution >= 4 is 22.4 Å². The van der Waals surface area contributed by atoms with Crippen LogP contribution in [0.1, 0.15) is 12.5 Å². The fraction of sp³-hybridized carbons (Fsp3) is 0.167. The van der Waals surface area contributed by atoms with Gasteiger partial charge in [0, 0.05) is 15.8 Å². The Morgan fingerprint density at radius 2 is 2.05 bits per heavy atom. The van der Waals surface area contributed by atoms with E-state index in [9.17, 15) is 0 Å². The topological polar surface area (TPSA) is 31.4 Å². The highest BCUT2D eigenvalue weighted by Crippen LogP contribution is 2.46. The lowest BCUT2D eigenvalue weighted by atomic mass is 9.94. The van der Waals surface area contributed by atoms with Crippen molar-refractivity contribution in [2.45, 2.75) is 13.5 Å². The van der Waals surface area contributed by atoms with Crippen molar-refractivity contribution in [3.63, 3.8) is 0 Å². The fourth-order valence-electron chi connectivity index (χ4n) is 2.91. The average Bonchev–Trinajstić information content (AvgIpc) is 2.55. The zero-order chi connectivity index (χ0) is 15.1. The number of nitrogens with zero attached hydrogens (tertiary/aromatic N) is 1. The third-order valence-electron chi connectivity index (χ3n) is 3.84. The number of pyridine rings is 1. The molecule has 0 atom stereocenters. The Balaban J connectivity index is 2.13. The molecule has 3 nitrogen and oxygen atoms in total. The van der Waals surface area contributed by atoms with E-state index in [1.807, 2.05) is 37.3 Å². The zero-order valence-corrected chi connectivity index (χ0v) is 12.9. The van der Waals surface area contributed by atoms with E-state index in [0.717, 1.165) is 27.5 Å². The molecule has 0 aliphatic carbocycles. The number of rotatable bonds is 2. The molecule has 0 bridgehead atoms. The van der Waals surface area contributed by atoms with E-state index < -0.39 is 0 Å². The maximum absolute atomic E-state index is 6.49. The minimum Gasteiger partial charge on any atom is -0.477 e. The molecule has 110 valence electrons. The average molecular weight is 312 g/mol. The van der Waals surface area contributed by atoms with Gasteiger partial charge in [0.2, 0.25) is 11.8 Å². The van der Waals surface area contributed by atoms with Crippen LogP contribution >= 0.6 is 11.6 Å². The second kappa shape index (κ2) is 5.18. The van der Waals surface area contributed by atoms with Crippen LogP contribution in [0.2, 0.25) is 5.02 Å². The lowest BCUT2D eigenvalue weighted by molar-refractivity contribution is 0.278. The highest BCUT2D eigenvalue weighted by molar-refractivity contribution is 6.37. The summed E-state index contributed by atoms with van der Waals surface area (Å²) in [5.74, 6) is 1.15. The van der Waals surface area contributed by atoms with Gasteiger partial charge in [0.25, 0.3) is 0 Å². The second-order valence-electron chi connectivity index (χ2n) is 5.14. The van der Waals surface area contributed by atoms with Crippen molar-refractivity contribution in [2.24, 2.45) is 0 Å². The first-order valence-corrected chi connectivity index (χ1v) is 7.63. The van der Waals surface area contributed by atoms with Gasteiger partial charge in [-0.3, -0.25) is 0 Å². The van der Waals surface area contributed by atoms with Gasteiger partial charge in [0.05, 0.1) is 12.2 Å². The lowest BCUT2D eigenvalue weighted by Crippen LogP contribution is -2.09. The van der Waals surface area contributed by atoms with Crippen LogP contribution < -0.4 is 9.47 Å². The van der Waals surface area contributed by atoms with Gasteiger partial charge in [-0.1, -0.05) is 41.9 Å². The molecule has 2 heterocycles. The minimum atomic E-state index is 0.512. The van der Waals surface area contributed by atoms with Gasteiger partial charge in [0.1, 0.15) is 6.61 Å².